The number of rotatable bonds is 4. The maximum absolute atomic E-state index is 5.74. The average molecular weight is 235 g/mol. The molecule has 0 radical (unpaired) electrons. The highest BCUT2D eigenvalue weighted by molar-refractivity contribution is 5.36. The van der Waals surface area contributed by atoms with Crippen molar-refractivity contribution in [1.29, 1.82) is 0 Å². The molecule has 17 heavy (non-hydrogen) atoms. The standard InChI is InChI=1S/C12H21N5/c1-3-10-14-11(13)16-12(15-10)17(4-2)9-7-5-6-8-9/h9H,3-8H2,1-2H3,(H2,13,14,15,16). The van der Waals surface area contributed by atoms with Crippen LogP contribution in [0.25, 0.3) is 0 Å². The van der Waals surface area contributed by atoms with Crippen molar-refractivity contribution in [3.63, 3.8) is 0 Å². The molecule has 1 aliphatic rings. The van der Waals surface area contributed by atoms with Crippen LogP contribution in [0.15, 0.2) is 0 Å². The lowest BCUT2D eigenvalue weighted by Gasteiger charge is -2.27. The maximum atomic E-state index is 5.74. The molecular weight excluding hydrogens is 214 g/mol. The van der Waals surface area contributed by atoms with Crippen LogP contribution in [0.4, 0.5) is 11.9 Å². The molecule has 94 valence electrons. The first-order valence-electron chi connectivity index (χ1n) is 6.51. The Balaban J connectivity index is 2.25. The fourth-order valence-corrected chi connectivity index (χ4v) is 2.49. The van der Waals surface area contributed by atoms with Crippen molar-refractivity contribution in [2.75, 3.05) is 17.2 Å². The van der Waals surface area contributed by atoms with Crippen molar-refractivity contribution in [2.45, 2.75) is 52.0 Å². The Bertz CT molecular complexity index is 373. The Hall–Kier alpha value is -1.39. The van der Waals surface area contributed by atoms with Crippen LogP contribution in [0.1, 0.15) is 45.4 Å². The summed E-state index contributed by atoms with van der Waals surface area (Å²) < 4.78 is 0. The quantitative estimate of drug-likeness (QED) is 0.861. The van der Waals surface area contributed by atoms with Crippen molar-refractivity contribution in [1.82, 2.24) is 15.0 Å². The maximum Gasteiger partial charge on any atom is 0.230 e. The van der Waals surface area contributed by atoms with Gasteiger partial charge >= 0.3 is 0 Å². The fraction of sp³-hybridized carbons (Fsp3) is 0.750. The molecule has 0 bridgehead atoms. The molecule has 1 saturated carbocycles. The summed E-state index contributed by atoms with van der Waals surface area (Å²) in [6.45, 7) is 5.10. The van der Waals surface area contributed by atoms with E-state index < -0.39 is 0 Å². The third kappa shape index (κ3) is 2.65. The lowest BCUT2D eigenvalue weighted by molar-refractivity contribution is 0.602. The molecule has 0 spiro atoms. The number of nitrogen functional groups attached to an aromatic ring is 1. The van der Waals surface area contributed by atoms with E-state index in [-0.39, 0.29) is 0 Å². The third-order valence-corrected chi connectivity index (χ3v) is 3.37. The summed E-state index contributed by atoms with van der Waals surface area (Å²) in [6.07, 6.45) is 5.88. The molecule has 1 fully saturated rings. The van der Waals surface area contributed by atoms with E-state index in [1.54, 1.807) is 0 Å². The van der Waals surface area contributed by atoms with Gasteiger partial charge in [0.25, 0.3) is 0 Å². The van der Waals surface area contributed by atoms with Crippen molar-refractivity contribution >= 4 is 11.9 Å². The lowest BCUT2D eigenvalue weighted by Crippen LogP contribution is -2.35. The predicted octanol–water partition coefficient (Wildman–Crippen LogP) is 1.79. The summed E-state index contributed by atoms with van der Waals surface area (Å²) in [5.41, 5.74) is 5.74. The van der Waals surface area contributed by atoms with Crippen LogP contribution >= 0.6 is 0 Å². The Morgan fingerprint density at radius 2 is 1.88 bits per heavy atom. The molecule has 1 heterocycles. The summed E-state index contributed by atoms with van der Waals surface area (Å²) in [7, 11) is 0. The van der Waals surface area contributed by atoms with E-state index in [4.69, 9.17) is 5.73 Å². The van der Waals surface area contributed by atoms with Crippen LogP contribution < -0.4 is 10.6 Å². The van der Waals surface area contributed by atoms with Crippen molar-refractivity contribution in [3.05, 3.63) is 5.82 Å². The third-order valence-electron chi connectivity index (χ3n) is 3.37. The Kier molecular flexibility index (Phi) is 3.76. The van der Waals surface area contributed by atoms with Crippen LogP contribution in [0, 0.1) is 0 Å². The first-order chi connectivity index (χ1) is 8.24. The molecular formula is C12H21N5. The normalized spacial score (nSPS) is 16.4. The van der Waals surface area contributed by atoms with E-state index in [2.05, 4.69) is 26.8 Å². The van der Waals surface area contributed by atoms with E-state index in [1.165, 1.54) is 25.7 Å². The number of hydrogen-bond acceptors (Lipinski definition) is 5. The highest BCUT2D eigenvalue weighted by atomic mass is 15.3. The highest BCUT2D eigenvalue weighted by Gasteiger charge is 2.24. The summed E-state index contributed by atoms with van der Waals surface area (Å²) in [4.78, 5) is 15.2. The van der Waals surface area contributed by atoms with Gasteiger partial charge in [-0.2, -0.15) is 15.0 Å². The topological polar surface area (TPSA) is 67.9 Å². The first kappa shape index (κ1) is 12.1. The van der Waals surface area contributed by atoms with Gasteiger partial charge in [-0.05, 0) is 19.8 Å². The van der Waals surface area contributed by atoms with Gasteiger partial charge in [-0.3, -0.25) is 0 Å². The number of nitrogens with two attached hydrogens (primary N) is 1. The molecule has 0 aliphatic heterocycles. The Morgan fingerprint density at radius 3 is 2.47 bits per heavy atom. The first-order valence-corrected chi connectivity index (χ1v) is 6.51. The van der Waals surface area contributed by atoms with Crippen LogP contribution in [-0.2, 0) is 6.42 Å². The zero-order valence-electron chi connectivity index (χ0n) is 10.7. The Morgan fingerprint density at radius 1 is 1.18 bits per heavy atom. The zero-order chi connectivity index (χ0) is 12.3. The number of aryl methyl sites for hydroxylation is 1. The summed E-state index contributed by atoms with van der Waals surface area (Å²) >= 11 is 0. The van der Waals surface area contributed by atoms with E-state index in [1.807, 2.05) is 6.92 Å². The molecule has 0 atom stereocenters. The highest BCUT2D eigenvalue weighted by Crippen LogP contribution is 2.26. The van der Waals surface area contributed by atoms with Gasteiger partial charge in [0.2, 0.25) is 11.9 Å². The second kappa shape index (κ2) is 5.29. The predicted molar refractivity (Wildman–Crippen MR) is 68.9 cm³/mol. The van der Waals surface area contributed by atoms with Crippen molar-refractivity contribution in [2.24, 2.45) is 0 Å². The molecule has 2 N–H and O–H groups in total. The SMILES string of the molecule is CCc1nc(N)nc(N(CC)C2CCCC2)n1. The smallest absolute Gasteiger partial charge is 0.230 e. The molecule has 0 amide bonds. The van der Waals surface area contributed by atoms with E-state index in [0.717, 1.165) is 24.7 Å². The van der Waals surface area contributed by atoms with Gasteiger partial charge in [0.15, 0.2) is 0 Å². The van der Waals surface area contributed by atoms with Crippen molar-refractivity contribution < 1.29 is 0 Å². The van der Waals surface area contributed by atoms with Gasteiger partial charge in [-0.25, -0.2) is 0 Å². The van der Waals surface area contributed by atoms with Gasteiger partial charge in [0.1, 0.15) is 5.82 Å². The second-order valence-corrected chi connectivity index (χ2v) is 4.49. The molecule has 0 aromatic carbocycles. The van der Waals surface area contributed by atoms with Crippen LogP contribution in [-0.4, -0.2) is 27.5 Å². The fourth-order valence-electron chi connectivity index (χ4n) is 2.49. The van der Waals surface area contributed by atoms with Crippen molar-refractivity contribution in [3.8, 4) is 0 Å². The summed E-state index contributed by atoms with van der Waals surface area (Å²) in [5, 5.41) is 0. The monoisotopic (exact) mass is 235 g/mol. The minimum Gasteiger partial charge on any atom is -0.368 e. The number of anilines is 2. The van der Waals surface area contributed by atoms with E-state index >= 15 is 0 Å². The summed E-state index contributed by atoms with van der Waals surface area (Å²) in [6, 6.07) is 0.575. The Labute approximate surface area is 102 Å². The molecule has 1 aliphatic carbocycles. The average Bonchev–Trinajstić information content (AvgIpc) is 2.83. The number of nitrogens with zero attached hydrogens (tertiary/aromatic N) is 4. The van der Waals surface area contributed by atoms with Crippen LogP contribution in [0.3, 0.4) is 0 Å². The van der Waals surface area contributed by atoms with E-state index in [9.17, 15) is 0 Å². The summed E-state index contributed by atoms with van der Waals surface area (Å²) in [5.74, 6) is 1.87. The van der Waals surface area contributed by atoms with Gasteiger partial charge in [-0.1, -0.05) is 19.8 Å². The van der Waals surface area contributed by atoms with E-state index in [0.29, 0.717) is 12.0 Å². The minimum atomic E-state index is 0.336. The molecule has 1 aromatic heterocycles. The van der Waals surface area contributed by atoms with Gasteiger partial charge < -0.3 is 10.6 Å². The molecule has 5 nitrogen and oxygen atoms in total. The molecule has 5 heteroatoms. The number of hydrogen-bond donors (Lipinski definition) is 1. The zero-order valence-corrected chi connectivity index (χ0v) is 10.7. The minimum absolute atomic E-state index is 0.336. The molecule has 0 saturated heterocycles. The molecule has 2 rings (SSSR count). The molecule has 0 unspecified atom stereocenters. The van der Waals surface area contributed by atoms with Gasteiger partial charge in [0, 0.05) is 19.0 Å². The lowest BCUT2D eigenvalue weighted by atomic mass is 10.2. The van der Waals surface area contributed by atoms with Gasteiger partial charge in [-0.15, -0.1) is 0 Å². The molecule has 1 aromatic rings. The van der Waals surface area contributed by atoms with Crippen LogP contribution in [0.5, 0.6) is 0 Å². The second-order valence-electron chi connectivity index (χ2n) is 4.49. The van der Waals surface area contributed by atoms with Gasteiger partial charge in [0.05, 0.1) is 0 Å². The van der Waals surface area contributed by atoms with Crippen LogP contribution in [0.2, 0.25) is 0 Å². The number of aromatic nitrogens is 3. The largest absolute Gasteiger partial charge is 0.368 e.